The standard InChI is InChI=1S/C19H25BrN2/c1-2-3-4-5-6-7-8-17-14-21-19(22-15-17)18-11-9-16(13-20)10-12-18/h9-12,14-15H,2-8,13H2,1H3. The molecule has 22 heavy (non-hydrogen) atoms. The minimum atomic E-state index is 0.813. The van der Waals surface area contributed by atoms with Gasteiger partial charge in [-0.05, 0) is 24.0 Å². The third-order valence-corrected chi connectivity index (χ3v) is 4.54. The molecule has 2 nitrogen and oxygen atoms in total. The van der Waals surface area contributed by atoms with E-state index >= 15 is 0 Å². The van der Waals surface area contributed by atoms with Gasteiger partial charge in [0.2, 0.25) is 0 Å². The van der Waals surface area contributed by atoms with Crippen molar-refractivity contribution in [2.75, 3.05) is 0 Å². The number of rotatable bonds is 9. The fourth-order valence-electron chi connectivity index (χ4n) is 2.49. The molecule has 0 aliphatic rings. The van der Waals surface area contributed by atoms with Crippen molar-refractivity contribution < 1.29 is 0 Å². The second-order valence-corrected chi connectivity index (χ2v) is 6.32. The number of benzene rings is 1. The van der Waals surface area contributed by atoms with E-state index in [0.717, 1.165) is 23.1 Å². The van der Waals surface area contributed by atoms with Crippen molar-refractivity contribution in [1.29, 1.82) is 0 Å². The Morgan fingerprint density at radius 3 is 2.09 bits per heavy atom. The number of alkyl halides is 1. The van der Waals surface area contributed by atoms with Gasteiger partial charge >= 0.3 is 0 Å². The fourth-order valence-corrected chi connectivity index (χ4v) is 2.86. The Bertz CT molecular complexity index is 534. The largest absolute Gasteiger partial charge is 0.236 e. The monoisotopic (exact) mass is 360 g/mol. The van der Waals surface area contributed by atoms with Gasteiger partial charge in [-0.2, -0.15) is 0 Å². The van der Waals surface area contributed by atoms with E-state index in [0.29, 0.717) is 0 Å². The molecule has 2 rings (SSSR count). The minimum absolute atomic E-state index is 0.813. The molecule has 118 valence electrons. The van der Waals surface area contributed by atoms with Gasteiger partial charge < -0.3 is 0 Å². The highest BCUT2D eigenvalue weighted by Crippen LogP contribution is 2.17. The molecular weight excluding hydrogens is 336 g/mol. The predicted molar refractivity (Wildman–Crippen MR) is 97.2 cm³/mol. The third-order valence-electron chi connectivity index (χ3n) is 3.89. The molecule has 1 aromatic carbocycles. The van der Waals surface area contributed by atoms with Crippen LogP contribution in [0.4, 0.5) is 0 Å². The molecule has 0 bridgehead atoms. The van der Waals surface area contributed by atoms with Crippen LogP contribution in [-0.2, 0) is 11.8 Å². The van der Waals surface area contributed by atoms with Gasteiger partial charge in [-0.3, -0.25) is 0 Å². The molecule has 2 aromatic rings. The number of aromatic nitrogens is 2. The second-order valence-electron chi connectivity index (χ2n) is 5.76. The predicted octanol–water partition coefficient (Wildman–Crippen LogP) is 5.94. The van der Waals surface area contributed by atoms with Crippen molar-refractivity contribution in [2.24, 2.45) is 0 Å². The lowest BCUT2D eigenvalue weighted by atomic mass is 10.1. The lowest BCUT2D eigenvalue weighted by Crippen LogP contribution is -1.93. The Balaban J connectivity index is 1.82. The molecule has 0 saturated carbocycles. The first-order valence-electron chi connectivity index (χ1n) is 8.29. The molecule has 0 aliphatic carbocycles. The van der Waals surface area contributed by atoms with Gasteiger partial charge in [0.25, 0.3) is 0 Å². The van der Waals surface area contributed by atoms with Crippen LogP contribution < -0.4 is 0 Å². The maximum atomic E-state index is 4.51. The second kappa shape index (κ2) is 9.73. The molecule has 1 heterocycles. The summed E-state index contributed by atoms with van der Waals surface area (Å²) in [4.78, 5) is 9.02. The Kier molecular flexibility index (Phi) is 7.58. The molecule has 0 fully saturated rings. The molecule has 0 aliphatic heterocycles. The van der Waals surface area contributed by atoms with Gasteiger partial charge in [0.15, 0.2) is 5.82 Å². The topological polar surface area (TPSA) is 25.8 Å². The molecule has 0 atom stereocenters. The van der Waals surface area contributed by atoms with Crippen molar-refractivity contribution in [3.63, 3.8) is 0 Å². The number of nitrogens with zero attached hydrogens (tertiary/aromatic N) is 2. The number of hydrogen-bond acceptors (Lipinski definition) is 2. The van der Waals surface area contributed by atoms with Crippen LogP contribution in [0, 0.1) is 0 Å². The van der Waals surface area contributed by atoms with Crippen LogP contribution in [0.3, 0.4) is 0 Å². The van der Waals surface area contributed by atoms with Crippen LogP contribution in [0.2, 0.25) is 0 Å². The van der Waals surface area contributed by atoms with Crippen LogP contribution >= 0.6 is 15.9 Å². The highest BCUT2D eigenvalue weighted by atomic mass is 79.9. The van der Waals surface area contributed by atoms with Gasteiger partial charge in [0.05, 0.1) is 0 Å². The van der Waals surface area contributed by atoms with E-state index in [1.54, 1.807) is 0 Å². The van der Waals surface area contributed by atoms with Crippen molar-refractivity contribution in [3.8, 4) is 11.4 Å². The lowest BCUT2D eigenvalue weighted by molar-refractivity contribution is 0.607. The van der Waals surface area contributed by atoms with Crippen molar-refractivity contribution in [2.45, 2.75) is 57.2 Å². The summed E-state index contributed by atoms with van der Waals surface area (Å²) >= 11 is 3.46. The average molecular weight is 361 g/mol. The van der Waals surface area contributed by atoms with Gasteiger partial charge in [-0.1, -0.05) is 79.2 Å². The van der Waals surface area contributed by atoms with Crippen molar-refractivity contribution >= 4 is 15.9 Å². The Morgan fingerprint density at radius 2 is 1.45 bits per heavy atom. The van der Waals surface area contributed by atoms with Crippen LogP contribution in [0.1, 0.15) is 56.6 Å². The minimum Gasteiger partial charge on any atom is -0.236 e. The van der Waals surface area contributed by atoms with E-state index in [1.807, 2.05) is 12.4 Å². The average Bonchev–Trinajstić information content (AvgIpc) is 2.59. The van der Waals surface area contributed by atoms with Crippen LogP contribution in [0.5, 0.6) is 0 Å². The van der Waals surface area contributed by atoms with Crippen LogP contribution in [-0.4, -0.2) is 9.97 Å². The van der Waals surface area contributed by atoms with E-state index in [-0.39, 0.29) is 0 Å². The maximum Gasteiger partial charge on any atom is 0.159 e. The van der Waals surface area contributed by atoms with E-state index in [4.69, 9.17) is 0 Å². The summed E-state index contributed by atoms with van der Waals surface area (Å²) in [6.07, 6.45) is 13.0. The zero-order valence-corrected chi connectivity index (χ0v) is 15.0. The first-order chi connectivity index (χ1) is 10.8. The van der Waals surface area contributed by atoms with E-state index in [2.05, 4.69) is 57.1 Å². The molecular formula is C19H25BrN2. The van der Waals surface area contributed by atoms with Crippen LogP contribution in [0.25, 0.3) is 11.4 Å². The zero-order chi connectivity index (χ0) is 15.6. The van der Waals surface area contributed by atoms with Crippen molar-refractivity contribution in [3.05, 3.63) is 47.8 Å². The summed E-state index contributed by atoms with van der Waals surface area (Å²) in [5.74, 6) is 0.813. The first kappa shape index (κ1) is 17.1. The Morgan fingerprint density at radius 1 is 0.818 bits per heavy atom. The summed E-state index contributed by atoms with van der Waals surface area (Å²) in [5, 5.41) is 0.880. The smallest absolute Gasteiger partial charge is 0.159 e. The van der Waals surface area contributed by atoms with Gasteiger partial charge in [-0.25, -0.2) is 9.97 Å². The SMILES string of the molecule is CCCCCCCCc1cnc(-c2ccc(CBr)cc2)nc1. The maximum absolute atomic E-state index is 4.51. The van der Waals surface area contributed by atoms with Crippen molar-refractivity contribution in [1.82, 2.24) is 9.97 Å². The molecule has 0 spiro atoms. The van der Waals surface area contributed by atoms with E-state index in [9.17, 15) is 0 Å². The number of aryl methyl sites for hydroxylation is 1. The summed E-state index contributed by atoms with van der Waals surface area (Å²) in [6.45, 7) is 2.26. The number of unbranched alkanes of at least 4 members (excludes halogenated alkanes) is 5. The van der Waals surface area contributed by atoms with Crippen LogP contribution in [0.15, 0.2) is 36.7 Å². The molecule has 0 amide bonds. The lowest BCUT2D eigenvalue weighted by Gasteiger charge is -2.04. The quantitative estimate of drug-likeness (QED) is 0.408. The molecule has 0 N–H and O–H groups in total. The first-order valence-corrected chi connectivity index (χ1v) is 9.42. The Hall–Kier alpha value is -1.22. The molecule has 0 radical (unpaired) electrons. The summed E-state index contributed by atoms with van der Waals surface area (Å²) in [7, 11) is 0. The Labute approximate surface area is 142 Å². The third kappa shape index (κ3) is 5.53. The zero-order valence-electron chi connectivity index (χ0n) is 13.4. The van der Waals surface area contributed by atoms with Gasteiger partial charge in [0, 0.05) is 23.3 Å². The number of halogens is 1. The summed E-state index contributed by atoms with van der Waals surface area (Å²) < 4.78 is 0. The highest BCUT2D eigenvalue weighted by Gasteiger charge is 2.02. The van der Waals surface area contributed by atoms with E-state index in [1.165, 1.54) is 49.7 Å². The number of hydrogen-bond donors (Lipinski definition) is 0. The molecule has 0 unspecified atom stereocenters. The fraction of sp³-hybridized carbons (Fsp3) is 0.474. The molecule has 0 saturated heterocycles. The highest BCUT2D eigenvalue weighted by molar-refractivity contribution is 9.08. The van der Waals surface area contributed by atoms with Gasteiger partial charge in [-0.15, -0.1) is 0 Å². The summed E-state index contributed by atoms with van der Waals surface area (Å²) in [6, 6.07) is 8.38. The van der Waals surface area contributed by atoms with Gasteiger partial charge in [0.1, 0.15) is 0 Å². The molecule has 1 aromatic heterocycles. The summed E-state index contributed by atoms with van der Waals surface area (Å²) in [5.41, 5.74) is 3.59. The normalized spacial score (nSPS) is 10.8. The molecule has 3 heteroatoms. The van der Waals surface area contributed by atoms with E-state index < -0.39 is 0 Å².